The number of alkyl halides is 3. The average molecular weight is 332 g/mol. The molecule has 0 aromatic heterocycles. The maximum atomic E-state index is 12.9. The van der Waals surface area contributed by atoms with Crippen molar-refractivity contribution in [3.05, 3.63) is 64.2 Å². The van der Waals surface area contributed by atoms with Crippen LogP contribution >= 0.6 is 23.4 Å². The van der Waals surface area contributed by atoms with Crippen molar-refractivity contribution in [3.8, 4) is 0 Å². The summed E-state index contributed by atoms with van der Waals surface area (Å²) in [7, 11) is 0. The fourth-order valence-electron chi connectivity index (χ4n) is 1.83. The summed E-state index contributed by atoms with van der Waals surface area (Å²) in [5.41, 5.74) is 5.81. The first kappa shape index (κ1) is 16.2. The first-order chi connectivity index (χ1) is 9.90. The molecule has 0 aliphatic heterocycles. The van der Waals surface area contributed by atoms with Crippen LogP contribution in [0.1, 0.15) is 16.7 Å². The molecule has 0 spiro atoms. The van der Waals surface area contributed by atoms with E-state index in [-0.39, 0.29) is 12.1 Å². The second-order valence-electron chi connectivity index (χ2n) is 4.44. The van der Waals surface area contributed by atoms with Crippen LogP contribution in [0.25, 0.3) is 0 Å². The second-order valence-corrected chi connectivity index (χ2v) is 5.92. The van der Waals surface area contributed by atoms with Crippen LogP contribution in [0.15, 0.2) is 47.4 Å². The van der Waals surface area contributed by atoms with Crippen molar-refractivity contribution < 1.29 is 13.2 Å². The van der Waals surface area contributed by atoms with Gasteiger partial charge in [0.1, 0.15) is 0 Å². The van der Waals surface area contributed by atoms with E-state index in [1.807, 2.05) is 12.1 Å². The molecule has 2 N–H and O–H groups in total. The molecule has 21 heavy (non-hydrogen) atoms. The number of rotatable bonds is 4. The minimum Gasteiger partial charge on any atom is -0.326 e. The van der Waals surface area contributed by atoms with Gasteiger partial charge >= 0.3 is 6.18 Å². The summed E-state index contributed by atoms with van der Waals surface area (Å²) in [6.45, 7) is -0.128. The normalized spacial score (nSPS) is 11.7. The maximum Gasteiger partial charge on any atom is 0.416 e. The zero-order valence-electron chi connectivity index (χ0n) is 11.0. The van der Waals surface area contributed by atoms with Crippen LogP contribution in [-0.2, 0) is 18.5 Å². The molecular formula is C15H13ClF3NS. The van der Waals surface area contributed by atoms with E-state index in [9.17, 15) is 13.2 Å². The van der Waals surface area contributed by atoms with Gasteiger partial charge in [0.05, 0.1) is 5.56 Å². The third-order valence-corrected chi connectivity index (χ3v) is 4.24. The van der Waals surface area contributed by atoms with E-state index >= 15 is 0 Å². The van der Waals surface area contributed by atoms with Gasteiger partial charge in [0, 0.05) is 22.2 Å². The molecule has 2 aromatic carbocycles. The number of thioether (sulfide) groups is 1. The van der Waals surface area contributed by atoms with Crippen molar-refractivity contribution >= 4 is 23.4 Å². The van der Waals surface area contributed by atoms with Crippen molar-refractivity contribution in [2.24, 2.45) is 5.73 Å². The molecule has 2 rings (SSSR count). The quantitative estimate of drug-likeness (QED) is 0.788. The molecule has 0 aliphatic carbocycles. The summed E-state index contributed by atoms with van der Waals surface area (Å²) in [6.07, 6.45) is -4.38. The Kier molecular flexibility index (Phi) is 5.19. The summed E-state index contributed by atoms with van der Waals surface area (Å²) in [6, 6.07) is 11.5. The van der Waals surface area contributed by atoms with Gasteiger partial charge in [-0.3, -0.25) is 0 Å². The minimum atomic E-state index is -4.38. The molecular weight excluding hydrogens is 319 g/mol. The topological polar surface area (TPSA) is 26.0 Å². The van der Waals surface area contributed by atoms with Crippen molar-refractivity contribution in [2.75, 3.05) is 0 Å². The van der Waals surface area contributed by atoms with E-state index in [0.29, 0.717) is 15.7 Å². The summed E-state index contributed by atoms with van der Waals surface area (Å²) < 4.78 is 38.8. The monoisotopic (exact) mass is 331 g/mol. The van der Waals surface area contributed by atoms with E-state index in [4.69, 9.17) is 17.3 Å². The molecule has 0 aliphatic rings. The highest BCUT2D eigenvalue weighted by Crippen LogP contribution is 2.35. The number of hydrogen-bond donors (Lipinski definition) is 1. The standard InChI is InChI=1S/C15H13ClF3NS/c16-12-4-1-10(2-5-12)9-21-13-6-3-11(8-20)14(7-13)15(17,18)19/h1-7H,8-9,20H2. The van der Waals surface area contributed by atoms with Crippen LogP contribution in [0.3, 0.4) is 0 Å². The third kappa shape index (κ3) is 4.40. The molecule has 6 heteroatoms. The van der Waals surface area contributed by atoms with Gasteiger partial charge in [0.25, 0.3) is 0 Å². The third-order valence-electron chi connectivity index (χ3n) is 2.93. The second kappa shape index (κ2) is 6.73. The van der Waals surface area contributed by atoms with Gasteiger partial charge in [-0.25, -0.2) is 0 Å². The molecule has 0 amide bonds. The molecule has 112 valence electrons. The first-order valence-corrected chi connectivity index (χ1v) is 7.54. The Morgan fingerprint density at radius 2 is 1.71 bits per heavy atom. The highest BCUT2D eigenvalue weighted by molar-refractivity contribution is 7.98. The van der Waals surface area contributed by atoms with Gasteiger partial charge in [0.2, 0.25) is 0 Å². The SMILES string of the molecule is NCc1ccc(SCc2ccc(Cl)cc2)cc1C(F)(F)F. The van der Waals surface area contributed by atoms with Crippen LogP contribution in [0.2, 0.25) is 5.02 Å². The van der Waals surface area contributed by atoms with E-state index in [0.717, 1.165) is 11.6 Å². The Morgan fingerprint density at radius 3 is 2.29 bits per heavy atom. The Balaban J connectivity index is 2.15. The lowest BCUT2D eigenvalue weighted by Crippen LogP contribution is -2.11. The Bertz CT molecular complexity index is 611. The lowest BCUT2D eigenvalue weighted by atomic mass is 10.1. The number of hydrogen-bond acceptors (Lipinski definition) is 2. The summed E-state index contributed by atoms with van der Waals surface area (Å²) in [5.74, 6) is 0.580. The molecule has 0 radical (unpaired) electrons. The predicted molar refractivity (Wildman–Crippen MR) is 80.3 cm³/mol. The zero-order valence-corrected chi connectivity index (χ0v) is 12.5. The van der Waals surface area contributed by atoms with Gasteiger partial charge in [-0.05, 0) is 35.4 Å². The summed E-state index contributed by atoms with van der Waals surface area (Å²) in [4.78, 5) is 0.564. The van der Waals surface area contributed by atoms with Crippen LogP contribution in [0.4, 0.5) is 13.2 Å². The molecule has 1 nitrogen and oxygen atoms in total. The highest BCUT2D eigenvalue weighted by Gasteiger charge is 2.33. The molecule has 2 aromatic rings. The lowest BCUT2D eigenvalue weighted by Gasteiger charge is -2.13. The summed E-state index contributed by atoms with van der Waals surface area (Å²) >= 11 is 7.13. The van der Waals surface area contributed by atoms with Gasteiger partial charge in [-0.15, -0.1) is 11.8 Å². The van der Waals surface area contributed by atoms with Crippen molar-refractivity contribution in [3.63, 3.8) is 0 Å². The molecule has 0 atom stereocenters. The van der Waals surface area contributed by atoms with Gasteiger partial charge in [0.15, 0.2) is 0 Å². The van der Waals surface area contributed by atoms with Crippen molar-refractivity contribution in [1.29, 1.82) is 0 Å². The fraction of sp³-hybridized carbons (Fsp3) is 0.200. The average Bonchev–Trinajstić information content (AvgIpc) is 2.45. The van der Waals surface area contributed by atoms with Crippen LogP contribution in [0.5, 0.6) is 0 Å². The smallest absolute Gasteiger partial charge is 0.326 e. The van der Waals surface area contributed by atoms with Gasteiger partial charge in [-0.2, -0.15) is 13.2 Å². The molecule has 0 fully saturated rings. The van der Waals surface area contributed by atoms with Crippen molar-refractivity contribution in [2.45, 2.75) is 23.4 Å². The fourth-order valence-corrected chi connectivity index (χ4v) is 2.85. The largest absolute Gasteiger partial charge is 0.416 e. The van der Waals surface area contributed by atoms with Crippen LogP contribution in [0, 0.1) is 0 Å². The Hall–Kier alpha value is -1.17. The van der Waals surface area contributed by atoms with E-state index in [1.165, 1.54) is 17.8 Å². The van der Waals surface area contributed by atoms with Crippen LogP contribution in [-0.4, -0.2) is 0 Å². The molecule has 0 saturated heterocycles. The molecule has 0 bridgehead atoms. The van der Waals surface area contributed by atoms with Gasteiger partial charge in [-0.1, -0.05) is 29.8 Å². The number of nitrogens with two attached hydrogens (primary N) is 1. The zero-order chi connectivity index (χ0) is 15.5. The van der Waals surface area contributed by atoms with Crippen LogP contribution < -0.4 is 5.73 Å². The predicted octanol–water partition coefficient (Wildman–Crippen LogP) is 5.11. The van der Waals surface area contributed by atoms with Gasteiger partial charge < -0.3 is 5.73 Å². The molecule has 0 saturated carbocycles. The minimum absolute atomic E-state index is 0.110. The van der Waals surface area contributed by atoms with E-state index in [1.54, 1.807) is 18.2 Å². The van der Waals surface area contributed by atoms with Crippen molar-refractivity contribution in [1.82, 2.24) is 0 Å². The maximum absolute atomic E-state index is 12.9. The molecule has 0 heterocycles. The number of halogens is 4. The molecule has 0 unspecified atom stereocenters. The number of benzene rings is 2. The first-order valence-electron chi connectivity index (χ1n) is 6.17. The lowest BCUT2D eigenvalue weighted by molar-refractivity contribution is -0.138. The van der Waals surface area contributed by atoms with E-state index in [2.05, 4.69) is 0 Å². The highest BCUT2D eigenvalue weighted by atomic mass is 35.5. The summed E-state index contributed by atoms with van der Waals surface area (Å²) in [5, 5.41) is 0.635. The Morgan fingerprint density at radius 1 is 1.05 bits per heavy atom. The van der Waals surface area contributed by atoms with E-state index < -0.39 is 11.7 Å². The Labute approximate surface area is 130 Å².